The molecule has 112 valence electrons. The molecular weight excluding hydrogens is 266 g/mol. The molecule has 1 amide bonds. The maximum Gasteiger partial charge on any atom is 0.227 e. The lowest BCUT2D eigenvalue weighted by Crippen LogP contribution is -2.42. The van der Waals surface area contributed by atoms with Gasteiger partial charge in [-0.2, -0.15) is 0 Å². The fourth-order valence-corrected chi connectivity index (χ4v) is 3.06. The molecule has 1 aromatic carbocycles. The number of furan rings is 1. The first-order valence-corrected chi connectivity index (χ1v) is 7.52. The van der Waals surface area contributed by atoms with Gasteiger partial charge in [-0.25, -0.2) is 0 Å². The van der Waals surface area contributed by atoms with Gasteiger partial charge in [0.25, 0.3) is 0 Å². The highest BCUT2D eigenvalue weighted by Crippen LogP contribution is 2.27. The Labute approximate surface area is 124 Å². The minimum atomic E-state index is 0.195. The highest BCUT2D eigenvalue weighted by atomic mass is 16.5. The van der Waals surface area contributed by atoms with E-state index >= 15 is 0 Å². The van der Waals surface area contributed by atoms with Gasteiger partial charge in [0.15, 0.2) is 0 Å². The predicted octanol–water partition coefficient (Wildman–Crippen LogP) is 3.38. The molecule has 1 aliphatic heterocycles. The summed E-state index contributed by atoms with van der Waals surface area (Å²) in [7, 11) is 1.63. The zero-order chi connectivity index (χ0) is 14.8. The van der Waals surface area contributed by atoms with Crippen LogP contribution in [-0.2, 0) is 11.2 Å². The van der Waals surface area contributed by atoms with Gasteiger partial charge in [0.05, 0.1) is 19.8 Å². The van der Waals surface area contributed by atoms with Crippen molar-refractivity contribution in [1.82, 2.24) is 4.90 Å². The summed E-state index contributed by atoms with van der Waals surface area (Å²) in [6.07, 6.45) is 5.54. The van der Waals surface area contributed by atoms with Gasteiger partial charge >= 0.3 is 0 Å². The zero-order valence-corrected chi connectivity index (χ0v) is 12.6. The Bertz CT molecular complexity index is 647. The topological polar surface area (TPSA) is 42.7 Å². The van der Waals surface area contributed by atoms with Crippen LogP contribution in [0.5, 0.6) is 5.75 Å². The number of ether oxygens (including phenoxy) is 1. The number of hydrogen-bond acceptors (Lipinski definition) is 3. The third-order valence-electron chi connectivity index (χ3n) is 4.33. The van der Waals surface area contributed by atoms with E-state index in [0.29, 0.717) is 12.5 Å². The van der Waals surface area contributed by atoms with Crippen LogP contribution in [0.25, 0.3) is 11.0 Å². The molecule has 3 rings (SSSR count). The van der Waals surface area contributed by atoms with Crippen molar-refractivity contribution in [3.05, 3.63) is 30.0 Å². The second kappa shape index (κ2) is 5.80. The lowest BCUT2D eigenvalue weighted by atomic mass is 10.0. The van der Waals surface area contributed by atoms with E-state index in [0.717, 1.165) is 41.7 Å². The van der Waals surface area contributed by atoms with Crippen molar-refractivity contribution in [2.75, 3.05) is 13.7 Å². The van der Waals surface area contributed by atoms with Crippen LogP contribution < -0.4 is 4.74 Å². The van der Waals surface area contributed by atoms with E-state index in [1.165, 1.54) is 6.42 Å². The fourth-order valence-electron chi connectivity index (χ4n) is 3.06. The molecule has 0 N–H and O–H groups in total. The Morgan fingerprint density at radius 2 is 2.29 bits per heavy atom. The average molecular weight is 287 g/mol. The summed E-state index contributed by atoms with van der Waals surface area (Å²) in [5, 5.41) is 0.994. The van der Waals surface area contributed by atoms with Crippen molar-refractivity contribution in [1.29, 1.82) is 0 Å². The van der Waals surface area contributed by atoms with Crippen molar-refractivity contribution in [3.63, 3.8) is 0 Å². The number of methoxy groups -OCH3 is 1. The Balaban J connectivity index is 1.79. The van der Waals surface area contributed by atoms with Gasteiger partial charge in [0, 0.05) is 29.6 Å². The van der Waals surface area contributed by atoms with Crippen molar-refractivity contribution in [2.24, 2.45) is 0 Å². The second-order valence-corrected chi connectivity index (χ2v) is 5.73. The average Bonchev–Trinajstić information content (AvgIpc) is 2.89. The minimum Gasteiger partial charge on any atom is -0.497 e. The first kappa shape index (κ1) is 14.0. The number of likely N-dealkylation sites (tertiary alicyclic amines) is 1. The minimum absolute atomic E-state index is 0.195. The third kappa shape index (κ3) is 2.75. The molecular formula is C17H21NO3. The van der Waals surface area contributed by atoms with E-state index in [9.17, 15) is 4.79 Å². The summed E-state index contributed by atoms with van der Waals surface area (Å²) < 4.78 is 10.7. The molecule has 1 saturated heterocycles. The standard InChI is InChI=1S/C17H21NO3/c1-12-5-3-4-8-18(12)17(19)9-13-11-21-16-10-14(20-2)6-7-15(13)16/h6-7,10-12H,3-5,8-9H2,1-2H3. The molecule has 21 heavy (non-hydrogen) atoms. The van der Waals surface area contributed by atoms with Gasteiger partial charge in [-0.15, -0.1) is 0 Å². The lowest BCUT2D eigenvalue weighted by molar-refractivity contribution is -0.133. The first-order valence-electron chi connectivity index (χ1n) is 7.52. The molecule has 2 heterocycles. The number of amides is 1. The third-order valence-corrected chi connectivity index (χ3v) is 4.33. The van der Waals surface area contributed by atoms with E-state index in [1.54, 1.807) is 13.4 Å². The van der Waals surface area contributed by atoms with Crippen LogP contribution in [-0.4, -0.2) is 30.5 Å². The van der Waals surface area contributed by atoms with Crippen LogP contribution >= 0.6 is 0 Å². The highest BCUT2D eigenvalue weighted by molar-refractivity contribution is 5.88. The number of rotatable bonds is 3. The second-order valence-electron chi connectivity index (χ2n) is 5.73. The van der Waals surface area contributed by atoms with Gasteiger partial charge in [-0.3, -0.25) is 4.79 Å². The van der Waals surface area contributed by atoms with Gasteiger partial charge in [0.1, 0.15) is 11.3 Å². The molecule has 1 atom stereocenters. The van der Waals surface area contributed by atoms with E-state index in [-0.39, 0.29) is 5.91 Å². The molecule has 0 saturated carbocycles. The van der Waals surface area contributed by atoms with Crippen molar-refractivity contribution >= 4 is 16.9 Å². The Kier molecular flexibility index (Phi) is 3.86. The Morgan fingerprint density at radius 3 is 3.05 bits per heavy atom. The van der Waals surface area contributed by atoms with Crippen LogP contribution in [0, 0.1) is 0 Å². The lowest BCUT2D eigenvalue weighted by Gasteiger charge is -2.33. The van der Waals surface area contributed by atoms with Crippen LogP contribution in [0.4, 0.5) is 0 Å². The molecule has 1 fully saturated rings. The van der Waals surface area contributed by atoms with E-state index in [4.69, 9.17) is 9.15 Å². The van der Waals surface area contributed by atoms with Crippen molar-refractivity contribution < 1.29 is 13.9 Å². The van der Waals surface area contributed by atoms with Crippen LogP contribution in [0.3, 0.4) is 0 Å². The predicted molar refractivity (Wildman–Crippen MR) is 81.5 cm³/mol. The number of piperidine rings is 1. The quantitative estimate of drug-likeness (QED) is 0.869. The maximum atomic E-state index is 12.5. The zero-order valence-electron chi connectivity index (χ0n) is 12.6. The molecule has 0 radical (unpaired) electrons. The molecule has 0 bridgehead atoms. The van der Waals surface area contributed by atoms with Crippen LogP contribution in [0.15, 0.2) is 28.9 Å². The van der Waals surface area contributed by atoms with Crippen LogP contribution in [0.2, 0.25) is 0 Å². The number of nitrogens with zero attached hydrogens (tertiary/aromatic N) is 1. The van der Waals surface area contributed by atoms with Crippen molar-refractivity contribution in [3.8, 4) is 5.75 Å². The summed E-state index contributed by atoms with van der Waals surface area (Å²) in [6.45, 7) is 3.01. The van der Waals surface area contributed by atoms with E-state index < -0.39 is 0 Å². The first-order chi connectivity index (χ1) is 10.2. The number of hydrogen-bond donors (Lipinski definition) is 0. The van der Waals surface area contributed by atoms with Gasteiger partial charge < -0.3 is 14.1 Å². The highest BCUT2D eigenvalue weighted by Gasteiger charge is 2.24. The summed E-state index contributed by atoms with van der Waals surface area (Å²) in [4.78, 5) is 14.5. The summed E-state index contributed by atoms with van der Waals surface area (Å²) >= 11 is 0. The Hall–Kier alpha value is -1.97. The van der Waals surface area contributed by atoms with Gasteiger partial charge in [0.2, 0.25) is 5.91 Å². The largest absolute Gasteiger partial charge is 0.497 e. The Morgan fingerprint density at radius 1 is 1.43 bits per heavy atom. The summed E-state index contributed by atoms with van der Waals surface area (Å²) in [5.41, 5.74) is 1.72. The molecule has 1 aliphatic rings. The number of fused-ring (bicyclic) bond motifs is 1. The fraction of sp³-hybridized carbons (Fsp3) is 0.471. The van der Waals surface area contributed by atoms with Crippen molar-refractivity contribution in [2.45, 2.75) is 38.6 Å². The van der Waals surface area contributed by atoms with Gasteiger partial charge in [-0.1, -0.05) is 0 Å². The molecule has 4 heteroatoms. The number of carbonyl (C=O) groups is 1. The number of benzene rings is 1. The van der Waals surface area contributed by atoms with E-state index in [2.05, 4.69) is 6.92 Å². The summed E-state index contributed by atoms with van der Waals surface area (Å²) in [6, 6.07) is 6.06. The van der Waals surface area contributed by atoms with E-state index in [1.807, 2.05) is 23.1 Å². The van der Waals surface area contributed by atoms with Gasteiger partial charge in [-0.05, 0) is 38.3 Å². The molecule has 2 aromatic rings. The SMILES string of the molecule is COc1ccc2c(CC(=O)N3CCCCC3C)coc2c1. The molecule has 0 aliphatic carbocycles. The number of carbonyl (C=O) groups excluding carboxylic acids is 1. The maximum absolute atomic E-state index is 12.5. The smallest absolute Gasteiger partial charge is 0.227 e. The molecule has 4 nitrogen and oxygen atoms in total. The molecule has 1 unspecified atom stereocenters. The summed E-state index contributed by atoms with van der Waals surface area (Å²) in [5.74, 6) is 0.958. The molecule has 0 spiro atoms. The normalized spacial score (nSPS) is 19.0. The monoisotopic (exact) mass is 287 g/mol. The molecule has 1 aromatic heterocycles. The van der Waals surface area contributed by atoms with Crippen LogP contribution in [0.1, 0.15) is 31.7 Å².